The van der Waals surface area contributed by atoms with Crippen molar-refractivity contribution in [3.8, 4) is 0 Å². The fourth-order valence-electron chi connectivity index (χ4n) is 1.28. The third kappa shape index (κ3) is 6.66. The van der Waals surface area contributed by atoms with E-state index in [1.165, 1.54) is 12.1 Å². The van der Waals surface area contributed by atoms with E-state index in [2.05, 4.69) is 24.5 Å². The Bertz CT molecular complexity index is 409. The number of benzene rings is 1. The van der Waals surface area contributed by atoms with Crippen LogP contribution < -0.4 is 16.4 Å². The van der Waals surface area contributed by atoms with E-state index in [4.69, 9.17) is 28.9 Å². The number of carbonyl (C=O) groups excluding carboxylic acids is 1. The Balaban J connectivity index is 0.000000555. The molecular weight excluding hydrogens is 285 g/mol. The maximum absolute atomic E-state index is 11.5. The topological polar surface area (TPSA) is 67.2 Å². The smallest absolute Gasteiger partial charge is 0.253 e. The third-order valence-electron chi connectivity index (χ3n) is 2.18. The van der Waals surface area contributed by atoms with E-state index in [0.29, 0.717) is 22.2 Å². The van der Waals surface area contributed by atoms with Gasteiger partial charge in [0.05, 0.1) is 16.3 Å². The van der Waals surface area contributed by atoms with E-state index in [9.17, 15) is 4.79 Å². The number of amides is 1. The van der Waals surface area contributed by atoms with Crippen molar-refractivity contribution in [2.24, 2.45) is 0 Å². The second-order valence-corrected chi connectivity index (χ2v) is 4.51. The molecule has 0 aliphatic rings. The van der Waals surface area contributed by atoms with Gasteiger partial charge in [0.2, 0.25) is 0 Å². The Kier molecular flexibility index (Phi) is 9.39. The molecule has 0 atom stereocenters. The fourth-order valence-corrected chi connectivity index (χ4v) is 1.77. The highest BCUT2D eigenvalue weighted by atomic mass is 35.5. The average Bonchev–Trinajstić information content (AvgIpc) is 2.35. The lowest BCUT2D eigenvalue weighted by Crippen LogP contribution is -2.23. The lowest BCUT2D eigenvalue weighted by Gasteiger charge is -2.07. The zero-order valence-corrected chi connectivity index (χ0v) is 13.0. The molecule has 1 aromatic carbocycles. The highest BCUT2D eigenvalue weighted by molar-refractivity contribution is 6.37. The minimum absolute atomic E-state index is 0.252. The van der Waals surface area contributed by atoms with Crippen LogP contribution in [0.15, 0.2) is 12.1 Å². The Hall–Kier alpha value is -0.970. The highest BCUT2D eigenvalue weighted by Gasteiger charge is 2.12. The standard InChI is InChI=1S/C9H10Cl2N2O.C4H11N/c1-2-13-9(14)6-3-5(10)4-7(11)8(6)12;1-3-5-4-2/h3-4H,2,12H2,1H3,(H,13,14);5H,3-4H2,1-2H3. The summed E-state index contributed by atoms with van der Waals surface area (Å²) in [5.41, 5.74) is 6.19. The van der Waals surface area contributed by atoms with Gasteiger partial charge in [0.15, 0.2) is 0 Å². The van der Waals surface area contributed by atoms with Crippen molar-refractivity contribution in [2.75, 3.05) is 25.4 Å². The van der Waals surface area contributed by atoms with Crippen LogP contribution in [0.2, 0.25) is 10.0 Å². The second kappa shape index (κ2) is 9.89. The van der Waals surface area contributed by atoms with Gasteiger partial charge in [-0.3, -0.25) is 4.79 Å². The molecule has 1 amide bonds. The first-order valence-electron chi connectivity index (χ1n) is 6.21. The lowest BCUT2D eigenvalue weighted by atomic mass is 10.1. The highest BCUT2D eigenvalue weighted by Crippen LogP contribution is 2.27. The molecule has 1 aromatic rings. The summed E-state index contributed by atoms with van der Waals surface area (Å²) in [5, 5.41) is 6.42. The number of nitrogen functional groups attached to an aromatic ring is 1. The second-order valence-electron chi connectivity index (χ2n) is 3.67. The first-order valence-corrected chi connectivity index (χ1v) is 6.96. The van der Waals surface area contributed by atoms with Crippen LogP contribution in [0, 0.1) is 0 Å². The molecule has 19 heavy (non-hydrogen) atoms. The van der Waals surface area contributed by atoms with Crippen LogP contribution >= 0.6 is 23.2 Å². The molecule has 0 aliphatic heterocycles. The van der Waals surface area contributed by atoms with Gasteiger partial charge < -0.3 is 16.4 Å². The van der Waals surface area contributed by atoms with Crippen LogP contribution in [0.5, 0.6) is 0 Å². The summed E-state index contributed by atoms with van der Waals surface area (Å²) in [6.45, 7) is 8.74. The van der Waals surface area contributed by atoms with Gasteiger partial charge in [0, 0.05) is 11.6 Å². The number of carbonyl (C=O) groups is 1. The predicted octanol–water partition coefficient (Wildman–Crippen LogP) is 2.94. The quantitative estimate of drug-likeness (QED) is 0.749. The molecule has 0 radical (unpaired) electrons. The van der Waals surface area contributed by atoms with Crippen LogP contribution in [-0.4, -0.2) is 25.5 Å². The van der Waals surface area contributed by atoms with Gasteiger partial charge in [-0.05, 0) is 32.1 Å². The molecule has 0 saturated carbocycles. The zero-order chi connectivity index (χ0) is 14.8. The number of rotatable bonds is 4. The molecule has 4 nitrogen and oxygen atoms in total. The van der Waals surface area contributed by atoms with Gasteiger partial charge >= 0.3 is 0 Å². The summed E-state index contributed by atoms with van der Waals surface area (Å²) < 4.78 is 0. The maximum Gasteiger partial charge on any atom is 0.253 e. The Labute approximate surface area is 124 Å². The van der Waals surface area contributed by atoms with Crippen molar-refractivity contribution in [2.45, 2.75) is 20.8 Å². The lowest BCUT2D eigenvalue weighted by molar-refractivity contribution is 0.0956. The molecule has 1 rings (SSSR count). The molecule has 0 spiro atoms. The SMILES string of the molecule is CCNC(=O)c1cc(Cl)cc(Cl)c1N.CCNCC. The molecule has 0 unspecified atom stereocenters. The number of hydrogen-bond donors (Lipinski definition) is 3. The van der Waals surface area contributed by atoms with Crippen LogP contribution in [0.4, 0.5) is 5.69 Å². The minimum atomic E-state index is -0.269. The summed E-state index contributed by atoms with van der Waals surface area (Å²) in [5.74, 6) is -0.269. The molecule has 6 heteroatoms. The van der Waals surface area contributed by atoms with Crippen molar-refractivity contribution in [1.82, 2.24) is 10.6 Å². The Morgan fingerprint density at radius 3 is 2.16 bits per heavy atom. The van der Waals surface area contributed by atoms with E-state index in [-0.39, 0.29) is 11.6 Å². The van der Waals surface area contributed by atoms with Gasteiger partial charge in [0.1, 0.15) is 0 Å². The van der Waals surface area contributed by atoms with Gasteiger partial charge in [-0.2, -0.15) is 0 Å². The maximum atomic E-state index is 11.5. The average molecular weight is 306 g/mol. The van der Waals surface area contributed by atoms with Crippen LogP contribution in [0.3, 0.4) is 0 Å². The zero-order valence-electron chi connectivity index (χ0n) is 11.5. The molecule has 0 aromatic heterocycles. The summed E-state index contributed by atoms with van der Waals surface area (Å²) in [7, 11) is 0. The monoisotopic (exact) mass is 305 g/mol. The van der Waals surface area contributed by atoms with Crippen molar-refractivity contribution in [1.29, 1.82) is 0 Å². The largest absolute Gasteiger partial charge is 0.397 e. The first-order chi connectivity index (χ1) is 8.97. The van der Waals surface area contributed by atoms with E-state index in [1.807, 2.05) is 6.92 Å². The Morgan fingerprint density at radius 2 is 1.74 bits per heavy atom. The normalized spacial score (nSPS) is 9.53. The van der Waals surface area contributed by atoms with E-state index in [0.717, 1.165) is 13.1 Å². The first kappa shape index (κ1) is 18.0. The van der Waals surface area contributed by atoms with Gasteiger partial charge in [0.25, 0.3) is 5.91 Å². The molecule has 0 heterocycles. The molecule has 4 N–H and O–H groups in total. The van der Waals surface area contributed by atoms with E-state index < -0.39 is 0 Å². The van der Waals surface area contributed by atoms with Crippen LogP contribution in [0.25, 0.3) is 0 Å². The molecule has 0 aliphatic carbocycles. The molecule has 0 saturated heterocycles. The number of hydrogen-bond acceptors (Lipinski definition) is 3. The van der Waals surface area contributed by atoms with E-state index in [1.54, 1.807) is 0 Å². The van der Waals surface area contributed by atoms with Gasteiger partial charge in [-0.15, -0.1) is 0 Å². The number of anilines is 1. The van der Waals surface area contributed by atoms with Crippen LogP contribution in [-0.2, 0) is 0 Å². The van der Waals surface area contributed by atoms with E-state index >= 15 is 0 Å². The van der Waals surface area contributed by atoms with Gasteiger partial charge in [-0.1, -0.05) is 37.0 Å². The summed E-state index contributed by atoms with van der Waals surface area (Å²) in [4.78, 5) is 11.5. The molecule has 108 valence electrons. The number of halogens is 2. The number of nitrogens with one attached hydrogen (secondary N) is 2. The predicted molar refractivity (Wildman–Crippen MR) is 83.1 cm³/mol. The summed E-state index contributed by atoms with van der Waals surface area (Å²) >= 11 is 11.5. The Morgan fingerprint density at radius 1 is 1.16 bits per heavy atom. The van der Waals surface area contributed by atoms with Crippen LogP contribution in [0.1, 0.15) is 31.1 Å². The molecular formula is C13H21Cl2N3O. The summed E-state index contributed by atoms with van der Waals surface area (Å²) in [6, 6.07) is 2.99. The van der Waals surface area contributed by atoms with Crippen molar-refractivity contribution < 1.29 is 4.79 Å². The van der Waals surface area contributed by atoms with Crippen molar-refractivity contribution >= 4 is 34.8 Å². The third-order valence-corrected chi connectivity index (χ3v) is 2.71. The van der Waals surface area contributed by atoms with Crippen molar-refractivity contribution in [3.63, 3.8) is 0 Å². The minimum Gasteiger partial charge on any atom is -0.397 e. The fraction of sp³-hybridized carbons (Fsp3) is 0.462. The molecule has 0 fully saturated rings. The van der Waals surface area contributed by atoms with Gasteiger partial charge in [-0.25, -0.2) is 0 Å². The van der Waals surface area contributed by atoms with Crippen molar-refractivity contribution in [3.05, 3.63) is 27.7 Å². The summed E-state index contributed by atoms with van der Waals surface area (Å²) in [6.07, 6.45) is 0. The molecule has 0 bridgehead atoms. The number of nitrogens with two attached hydrogens (primary N) is 1.